The van der Waals surface area contributed by atoms with Crippen LogP contribution < -0.4 is 0 Å². The van der Waals surface area contributed by atoms with Gasteiger partial charge in [0.15, 0.2) is 0 Å². The van der Waals surface area contributed by atoms with E-state index in [1.807, 2.05) is 42.5 Å². The summed E-state index contributed by atoms with van der Waals surface area (Å²) in [4.78, 5) is 0.205. The molecule has 1 atom stereocenters. The third-order valence-electron chi connectivity index (χ3n) is 4.84. The fourth-order valence-electron chi connectivity index (χ4n) is 3.36. The standard InChI is InChI=1S/C22H19NO3S/c1-22(24,17-10-4-2-5-11-17)20-16-23(21-15-9-8-14-19(20)21)27(25,26)18-12-6-3-7-13-18/h2-16,24H,1H3/t22-/m0/s1. The lowest BCUT2D eigenvalue weighted by Gasteiger charge is -2.23. The molecule has 0 saturated heterocycles. The Labute approximate surface area is 158 Å². The van der Waals surface area contributed by atoms with Gasteiger partial charge in [-0.3, -0.25) is 0 Å². The van der Waals surface area contributed by atoms with Crippen LogP contribution in [-0.4, -0.2) is 17.5 Å². The monoisotopic (exact) mass is 377 g/mol. The first kappa shape index (κ1) is 17.5. The van der Waals surface area contributed by atoms with Gasteiger partial charge in [0.2, 0.25) is 0 Å². The molecule has 1 heterocycles. The molecule has 0 saturated carbocycles. The molecule has 136 valence electrons. The van der Waals surface area contributed by atoms with Crippen LogP contribution in [0.2, 0.25) is 0 Å². The molecule has 0 bridgehead atoms. The van der Waals surface area contributed by atoms with Gasteiger partial charge >= 0.3 is 0 Å². The number of fused-ring (bicyclic) bond motifs is 1. The number of aliphatic hydroxyl groups is 1. The molecule has 0 spiro atoms. The van der Waals surface area contributed by atoms with Crippen molar-refractivity contribution in [3.63, 3.8) is 0 Å². The zero-order chi connectivity index (χ0) is 19.1. The van der Waals surface area contributed by atoms with Gasteiger partial charge in [0, 0.05) is 17.1 Å². The van der Waals surface area contributed by atoms with Gasteiger partial charge in [0.1, 0.15) is 5.60 Å². The van der Waals surface area contributed by atoms with Gasteiger partial charge < -0.3 is 5.11 Å². The Morgan fingerprint density at radius 3 is 2.04 bits per heavy atom. The van der Waals surface area contributed by atoms with Crippen LogP contribution in [0.15, 0.2) is 96.0 Å². The maximum absolute atomic E-state index is 13.2. The summed E-state index contributed by atoms with van der Waals surface area (Å²) in [5, 5.41) is 12.0. The molecule has 5 heteroatoms. The summed E-state index contributed by atoms with van der Waals surface area (Å²) in [5.74, 6) is 0. The lowest BCUT2D eigenvalue weighted by molar-refractivity contribution is 0.104. The van der Waals surface area contributed by atoms with Crippen molar-refractivity contribution in [3.8, 4) is 0 Å². The Hall–Kier alpha value is -2.89. The van der Waals surface area contributed by atoms with Crippen molar-refractivity contribution in [1.29, 1.82) is 0 Å². The highest BCUT2D eigenvalue weighted by molar-refractivity contribution is 7.90. The topological polar surface area (TPSA) is 59.3 Å². The smallest absolute Gasteiger partial charge is 0.268 e. The van der Waals surface area contributed by atoms with Gasteiger partial charge in [-0.15, -0.1) is 0 Å². The van der Waals surface area contributed by atoms with E-state index in [-0.39, 0.29) is 4.90 Å². The van der Waals surface area contributed by atoms with E-state index in [0.717, 1.165) is 0 Å². The van der Waals surface area contributed by atoms with Crippen LogP contribution in [-0.2, 0) is 15.6 Å². The van der Waals surface area contributed by atoms with Crippen molar-refractivity contribution in [2.24, 2.45) is 0 Å². The predicted octanol–water partition coefficient (Wildman–Crippen LogP) is 4.13. The molecule has 4 rings (SSSR count). The SMILES string of the molecule is C[C@](O)(c1ccccc1)c1cn(S(=O)(=O)c2ccccc2)c2ccccc12. The highest BCUT2D eigenvalue weighted by Crippen LogP contribution is 2.36. The van der Waals surface area contributed by atoms with E-state index in [9.17, 15) is 13.5 Å². The average Bonchev–Trinajstić information content (AvgIpc) is 3.11. The van der Waals surface area contributed by atoms with Crippen LogP contribution in [0, 0.1) is 0 Å². The van der Waals surface area contributed by atoms with Crippen LogP contribution >= 0.6 is 0 Å². The lowest BCUT2D eigenvalue weighted by Crippen LogP contribution is -2.22. The van der Waals surface area contributed by atoms with Gasteiger partial charge in [-0.25, -0.2) is 12.4 Å². The summed E-state index contributed by atoms with van der Waals surface area (Å²) in [6.45, 7) is 1.68. The minimum atomic E-state index is -3.78. The molecule has 4 nitrogen and oxygen atoms in total. The number of hydrogen-bond acceptors (Lipinski definition) is 3. The molecule has 27 heavy (non-hydrogen) atoms. The quantitative estimate of drug-likeness (QED) is 0.582. The van der Waals surface area contributed by atoms with Crippen molar-refractivity contribution < 1.29 is 13.5 Å². The molecule has 4 aromatic rings. The average molecular weight is 377 g/mol. The third-order valence-corrected chi connectivity index (χ3v) is 6.53. The van der Waals surface area contributed by atoms with Gasteiger partial charge in [-0.2, -0.15) is 0 Å². The number of para-hydroxylation sites is 1. The minimum Gasteiger partial charge on any atom is -0.381 e. The van der Waals surface area contributed by atoms with Crippen molar-refractivity contribution in [2.75, 3.05) is 0 Å². The molecule has 0 fully saturated rings. The second kappa shape index (κ2) is 6.37. The van der Waals surface area contributed by atoms with Gasteiger partial charge in [-0.1, -0.05) is 66.7 Å². The van der Waals surface area contributed by atoms with Gasteiger partial charge in [-0.05, 0) is 30.7 Å². The highest BCUT2D eigenvalue weighted by atomic mass is 32.2. The van der Waals surface area contributed by atoms with Crippen molar-refractivity contribution in [2.45, 2.75) is 17.4 Å². The Balaban J connectivity index is 1.99. The number of nitrogens with zero attached hydrogens (tertiary/aromatic N) is 1. The molecular formula is C22H19NO3S. The highest BCUT2D eigenvalue weighted by Gasteiger charge is 2.31. The van der Waals surface area contributed by atoms with E-state index in [1.165, 1.54) is 10.2 Å². The first-order valence-electron chi connectivity index (χ1n) is 8.61. The number of hydrogen-bond donors (Lipinski definition) is 1. The Bertz CT molecular complexity index is 1190. The summed E-state index contributed by atoms with van der Waals surface area (Å²) < 4.78 is 27.7. The van der Waals surface area contributed by atoms with Crippen molar-refractivity contribution >= 4 is 20.9 Å². The molecule has 1 N–H and O–H groups in total. The largest absolute Gasteiger partial charge is 0.381 e. The fourth-order valence-corrected chi connectivity index (χ4v) is 4.75. The summed E-state index contributed by atoms with van der Waals surface area (Å²) in [6, 6.07) is 24.8. The van der Waals surface area contributed by atoms with E-state index >= 15 is 0 Å². The zero-order valence-electron chi connectivity index (χ0n) is 14.8. The first-order valence-corrected chi connectivity index (χ1v) is 10.1. The van der Waals surface area contributed by atoms with Crippen molar-refractivity contribution in [3.05, 3.63) is 102 Å². The molecule has 1 aromatic heterocycles. The van der Waals surface area contributed by atoms with E-state index in [2.05, 4.69) is 0 Å². The third kappa shape index (κ3) is 2.85. The zero-order valence-corrected chi connectivity index (χ0v) is 15.6. The lowest BCUT2D eigenvalue weighted by atomic mass is 9.88. The number of benzene rings is 3. The Morgan fingerprint density at radius 1 is 0.815 bits per heavy atom. The fraction of sp³-hybridized carbons (Fsp3) is 0.0909. The number of rotatable bonds is 4. The molecule has 0 aliphatic heterocycles. The molecule has 3 aromatic carbocycles. The van der Waals surface area contributed by atoms with Gasteiger partial charge in [0.25, 0.3) is 10.0 Å². The molecule has 0 aliphatic rings. The second-order valence-electron chi connectivity index (χ2n) is 6.61. The van der Waals surface area contributed by atoms with E-state index in [0.29, 0.717) is 22.0 Å². The summed E-state index contributed by atoms with van der Waals surface area (Å²) >= 11 is 0. The Kier molecular flexibility index (Phi) is 4.13. The van der Waals surface area contributed by atoms with Crippen LogP contribution in [0.1, 0.15) is 18.1 Å². The minimum absolute atomic E-state index is 0.205. The Morgan fingerprint density at radius 2 is 1.37 bits per heavy atom. The molecule has 0 unspecified atom stereocenters. The summed E-state index contributed by atoms with van der Waals surface area (Å²) in [6.07, 6.45) is 1.53. The van der Waals surface area contributed by atoms with E-state index in [4.69, 9.17) is 0 Å². The van der Waals surface area contributed by atoms with Crippen LogP contribution in [0.3, 0.4) is 0 Å². The van der Waals surface area contributed by atoms with Crippen LogP contribution in [0.5, 0.6) is 0 Å². The first-order chi connectivity index (χ1) is 12.9. The molecule has 0 radical (unpaired) electrons. The maximum atomic E-state index is 13.2. The van der Waals surface area contributed by atoms with E-state index < -0.39 is 15.6 Å². The number of aromatic nitrogens is 1. The molecular weight excluding hydrogens is 358 g/mol. The normalized spacial score (nSPS) is 14.1. The van der Waals surface area contributed by atoms with Gasteiger partial charge in [0.05, 0.1) is 10.4 Å². The van der Waals surface area contributed by atoms with E-state index in [1.54, 1.807) is 49.4 Å². The molecule has 0 amide bonds. The van der Waals surface area contributed by atoms with Crippen LogP contribution in [0.25, 0.3) is 10.9 Å². The van der Waals surface area contributed by atoms with Crippen LogP contribution in [0.4, 0.5) is 0 Å². The molecule has 0 aliphatic carbocycles. The predicted molar refractivity (Wildman–Crippen MR) is 106 cm³/mol. The maximum Gasteiger partial charge on any atom is 0.268 e. The summed E-state index contributed by atoms with van der Waals surface area (Å²) in [7, 11) is -3.78. The summed E-state index contributed by atoms with van der Waals surface area (Å²) in [5.41, 5.74) is 0.444. The van der Waals surface area contributed by atoms with Crippen molar-refractivity contribution in [1.82, 2.24) is 3.97 Å². The second-order valence-corrected chi connectivity index (χ2v) is 8.43.